The van der Waals surface area contributed by atoms with E-state index in [0.717, 1.165) is 4.47 Å². The van der Waals surface area contributed by atoms with E-state index in [0.29, 0.717) is 16.0 Å². The van der Waals surface area contributed by atoms with Crippen molar-refractivity contribution >= 4 is 49.8 Å². The monoisotopic (exact) mass is 490 g/mol. The predicted octanol–water partition coefficient (Wildman–Crippen LogP) is 4.59. The molecule has 0 aliphatic rings. The number of hydrogen-bond acceptors (Lipinski definition) is 7. The Bertz CT molecular complexity index is 836. The molecule has 2 rings (SSSR count). The van der Waals surface area contributed by atoms with Crippen LogP contribution in [0.15, 0.2) is 25.5 Å². The number of carbonyl (C=O) groups excluding carboxylic acids is 1. The van der Waals surface area contributed by atoms with Crippen molar-refractivity contribution in [1.29, 1.82) is 0 Å². The van der Waals surface area contributed by atoms with Crippen LogP contribution in [0.3, 0.4) is 0 Å². The van der Waals surface area contributed by atoms with Crippen LogP contribution in [-0.2, 0) is 9.53 Å². The van der Waals surface area contributed by atoms with Gasteiger partial charge in [0.2, 0.25) is 0 Å². The van der Waals surface area contributed by atoms with E-state index < -0.39 is 18.2 Å². The number of carbonyl (C=O) groups is 2. The number of nitrogens with zero attached hydrogens (tertiary/aromatic N) is 1. The van der Waals surface area contributed by atoms with Crippen LogP contribution in [0.5, 0.6) is 5.75 Å². The van der Waals surface area contributed by atoms with E-state index in [2.05, 4.69) is 42.2 Å². The quantitative estimate of drug-likeness (QED) is 0.564. The van der Waals surface area contributed by atoms with Gasteiger partial charge in [-0.2, -0.15) is 0 Å². The lowest BCUT2D eigenvalue weighted by atomic mass is 10.2. The summed E-state index contributed by atoms with van der Waals surface area (Å²) in [6, 6.07) is 1.85. The third-order valence-electron chi connectivity index (χ3n) is 3.26. The van der Waals surface area contributed by atoms with Gasteiger partial charge in [-0.15, -0.1) is 0 Å². The summed E-state index contributed by atoms with van der Waals surface area (Å²) in [7, 11) is 0. The summed E-state index contributed by atoms with van der Waals surface area (Å²) in [6.45, 7) is 5.13. The lowest BCUT2D eigenvalue weighted by molar-refractivity contribution is -0.138. The van der Waals surface area contributed by atoms with Gasteiger partial charge in [0.25, 0.3) is 0 Å². The zero-order valence-corrected chi connectivity index (χ0v) is 17.3. The number of pyridine rings is 1. The topological polar surface area (TPSA) is 111 Å². The Morgan fingerprint density at radius 2 is 2.00 bits per heavy atom. The van der Waals surface area contributed by atoms with E-state index in [1.54, 1.807) is 26.8 Å². The van der Waals surface area contributed by atoms with Crippen LogP contribution in [-0.4, -0.2) is 28.8 Å². The van der Waals surface area contributed by atoms with Crippen molar-refractivity contribution in [2.24, 2.45) is 0 Å². The summed E-state index contributed by atoms with van der Waals surface area (Å²) < 4.78 is 16.5. The first-order chi connectivity index (χ1) is 12.2. The fourth-order valence-corrected chi connectivity index (χ4v) is 3.08. The highest BCUT2D eigenvalue weighted by atomic mass is 79.9. The van der Waals surface area contributed by atoms with Crippen molar-refractivity contribution in [3.05, 3.63) is 38.3 Å². The van der Waals surface area contributed by atoms with Gasteiger partial charge in [0, 0.05) is 10.5 Å². The molecule has 0 aliphatic heterocycles. The first kappa shape index (κ1) is 20.2. The van der Waals surface area contributed by atoms with Crippen LogP contribution in [0.2, 0.25) is 0 Å². The van der Waals surface area contributed by atoms with E-state index in [4.69, 9.17) is 13.9 Å². The summed E-state index contributed by atoms with van der Waals surface area (Å²) in [5.74, 6) is -0.454. The Morgan fingerprint density at radius 1 is 1.31 bits per heavy atom. The highest BCUT2D eigenvalue weighted by molar-refractivity contribution is 9.11. The van der Waals surface area contributed by atoms with Crippen LogP contribution in [0.25, 0.3) is 0 Å². The molecule has 2 aromatic rings. The molecular weight excluding hydrogens is 476 g/mol. The number of furan rings is 1. The highest BCUT2D eigenvalue weighted by Gasteiger charge is 2.27. The molecule has 2 heterocycles. The van der Waals surface area contributed by atoms with E-state index in [9.17, 15) is 14.7 Å². The smallest absolute Gasteiger partial charge is 0.479 e. The average Bonchev–Trinajstić information content (AvgIpc) is 2.89. The van der Waals surface area contributed by atoms with Gasteiger partial charge in [-0.3, -0.25) is 0 Å². The minimum atomic E-state index is -1.24. The number of nitrogens with one attached hydrogen (secondary N) is 1. The fraction of sp³-hybridized carbons (Fsp3) is 0.312. The van der Waals surface area contributed by atoms with Gasteiger partial charge in [0.05, 0.1) is 16.8 Å². The first-order valence-corrected chi connectivity index (χ1v) is 9.08. The summed E-state index contributed by atoms with van der Waals surface area (Å²) in [4.78, 5) is 27.5. The Balaban J connectivity index is 2.30. The first-order valence-electron chi connectivity index (χ1n) is 7.49. The predicted molar refractivity (Wildman–Crippen MR) is 99.5 cm³/mol. The average molecular weight is 492 g/mol. The van der Waals surface area contributed by atoms with Crippen LogP contribution in [0, 0.1) is 13.8 Å². The maximum absolute atomic E-state index is 11.7. The molecule has 2 N–H and O–H groups in total. The third-order valence-corrected chi connectivity index (χ3v) is 4.67. The number of aromatic nitrogens is 1. The second-order valence-corrected chi connectivity index (χ2v) is 6.86. The minimum absolute atomic E-state index is 0.0589. The lowest BCUT2D eigenvalue weighted by Crippen LogP contribution is -2.21. The molecule has 10 heteroatoms. The number of rotatable bonds is 6. The molecule has 0 saturated heterocycles. The van der Waals surface area contributed by atoms with E-state index >= 15 is 0 Å². The van der Waals surface area contributed by atoms with Crippen LogP contribution in [0.1, 0.15) is 30.2 Å². The standard InChI is InChI=1S/C16H16Br2N2O6/c1-4-24-16(23)26-11-6-12(25-8(11)3)13(15(21)22)20-14-10(18)5-9(17)7(2)19-14/h5-6,13H,4H2,1-3H3,(H,19,20)(H,21,22). The van der Waals surface area contributed by atoms with Gasteiger partial charge in [-0.25, -0.2) is 14.6 Å². The van der Waals surface area contributed by atoms with Gasteiger partial charge >= 0.3 is 12.1 Å². The molecule has 1 unspecified atom stereocenters. The minimum Gasteiger partial charge on any atom is -0.479 e. The molecule has 140 valence electrons. The Labute approximate surface area is 166 Å². The number of aryl methyl sites for hydroxylation is 2. The maximum atomic E-state index is 11.7. The number of aliphatic carboxylic acids is 1. The van der Waals surface area contributed by atoms with Gasteiger partial charge in [-0.1, -0.05) is 0 Å². The summed E-state index contributed by atoms with van der Waals surface area (Å²) in [5.41, 5.74) is 0.682. The van der Waals surface area contributed by atoms with Gasteiger partial charge < -0.3 is 24.3 Å². The fourth-order valence-electron chi connectivity index (χ4n) is 2.02. The van der Waals surface area contributed by atoms with Crippen molar-refractivity contribution in [1.82, 2.24) is 4.98 Å². The van der Waals surface area contributed by atoms with Crippen molar-refractivity contribution < 1.29 is 28.6 Å². The largest absolute Gasteiger partial charge is 0.513 e. The number of halogens is 2. The maximum Gasteiger partial charge on any atom is 0.513 e. The molecule has 26 heavy (non-hydrogen) atoms. The van der Waals surface area contributed by atoms with Crippen LogP contribution < -0.4 is 10.1 Å². The summed E-state index contributed by atoms with van der Waals surface area (Å²) in [5, 5.41) is 12.4. The molecular formula is C16H16Br2N2O6. The normalized spacial score (nSPS) is 11.7. The number of hydrogen-bond donors (Lipinski definition) is 2. The van der Waals surface area contributed by atoms with Crippen molar-refractivity contribution in [2.75, 3.05) is 11.9 Å². The Hall–Kier alpha value is -2.07. The molecule has 0 radical (unpaired) electrons. The van der Waals surface area contributed by atoms with Gasteiger partial charge in [0.15, 0.2) is 11.8 Å². The zero-order chi connectivity index (χ0) is 19.4. The van der Waals surface area contributed by atoms with E-state index in [1.807, 2.05) is 0 Å². The van der Waals surface area contributed by atoms with Crippen molar-refractivity contribution in [2.45, 2.75) is 26.8 Å². The Kier molecular flexibility index (Phi) is 6.65. The number of ether oxygens (including phenoxy) is 2. The molecule has 0 aliphatic carbocycles. The molecule has 1 atom stereocenters. The highest BCUT2D eigenvalue weighted by Crippen LogP contribution is 2.32. The number of carboxylic acids is 1. The summed E-state index contributed by atoms with van der Waals surface area (Å²) >= 11 is 6.69. The second kappa shape index (κ2) is 8.54. The molecule has 8 nitrogen and oxygen atoms in total. The molecule has 0 fully saturated rings. The third kappa shape index (κ3) is 4.76. The number of carboxylic acid groups (broad SMARTS) is 1. The second-order valence-electron chi connectivity index (χ2n) is 5.16. The van der Waals surface area contributed by atoms with Crippen LogP contribution in [0.4, 0.5) is 10.6 Å². The molecule has 0 bridgehead atoms. The number of anilines is 1. The van der Waals surface area contributed by atoms with Crippen molar-refractivity contribution in [3.8, 4) is 5.75 Å². The SMILES string of the molecule is CCOC(=O)Oc1cc(C(Nc2nc(C)c(Br)cc2Br)C(=O)O)oc1C. The van der Waals surface area contributed by atoms with Gasteiger partial charge in [0.1, 0.15) is 17.3 Å². The lowest BCUT2D eigenvalue weighted by Gasteiger charge is -2.15. The molecule has 0 saturated carbocycles. The van der Waals surface area contributed by atoms with Crippen LogP contribution >= 0.6 is 31.9 Å². The zero-order valence-electron chi connectivity index (χ0n) is 14.1. The van der Waals surface area contributed by atoms with Gasteiger partial charge in [-0.05, 0) is 58.7 Å². The van der Waals surface area contributed by atoms with E-state index in [1.165, 1.54) is 6.07 Å². The molecule has 0 aromatic carbocycles. The van der Waals surface area contributed by atoms with Crippen molar-refractivity contribution in [3.63, 3.8) is 0 Å². The molecule has 0 amide bonds. The molecule has 0 spiro atoms. The Morgan fingerprint density at radius 3 is 2.62 bits per heavy atom. The molecule has 2 aromatic heterocycles. The van der Waals surface area contributed by atoms with E-state index in [-0.39, 0.29) is 23.9 Å². The summed E-state index contributed by atoms with van der Waals surface area (Å²) in [6.07, 6.45) is -0.893.